The van der Waals surface area contributed by atoms with Crippen LogP contribution in [0.25, 0.3) is 0 Å². The molecule has 1 aromatic heterocycles. The molecule has 2 aromatic rings. The van der Waals surface area contributed by atoms with Crippen LogP contribution in [0.3, 0.4) is 0 Å². The molecule has 1 unspecified atom stereocenters. The van der Waals surface area contributed by atoms with E-state index in [9.17, 15) is 4.79 Å². The molecular formula is C19H26N4O3. The van der Waals surface area contributed by atoms with Crippen molar-refractivity contribution < 1.29 is 14.3 Å². The molecule has 140 valence electrons. The fourth-order valence-electron chi connectivity index (χ4n) is 3.14. The van der Waals surface area contributed by atoms with Crippen LogP contribution in [0.4, 0.5) is 10.5 Å². The van der Waals surface area contributed by atoms with Crippen LogP contribution in [0.2, 0.25) is 0 Å². The Kier molecular flexibility index (Phi) is 6.49. The van der Waals surface area contributed by atoms with E-state index >= 15 is 0 Å². The number of benzene rings is 1. The molecule has 7 nitrogen and oxygen atoms in total. The topological polar surface area (TPSA) is 79.5 Å². The number of amides is 2. The molecule has 1 fully saturated rings. The van der Waals surface area contributed by atoms with E-state index in [0.717, 1.165) is 36.5 Å². The maximum absolute atomic E-state index is 12.6. The molecule has 0 spiro atoms. The number of anilines is 1. The van der Waals surface area contributed by atoms with Gasteiger partial charge >= 0.3 is 6.03 Å². The summed E-state index contributed by atoms with van der Waals surface area (Å²) in [5.41, 5.74) is 1.82. The lowest BCUT2D eigenvalue weighted by molar-refractivity contribution is 0.110. The van der Waals surface area contributed by atoms with Crippen molar-refractivity contribution in [3.63, 3.8) is 0 Å². The minimum Gasteiger partial charge on any atom is -0.491 e. The van der Waals surface area contributed by atoms with Crippen molar-refractivity contribution >= 4 is 11.7 Å². The Hall–Kier alpha value is -2.54. The summed E-state index contributed by atoms with van der Waals surface area (Å²) in [5, 5.41) is 10.0. The first-order chi connectivity index (χ1) is 12.8. The number of nitrogens with one attached hydrogen (secondary N) is 2. The Morgan fingerprint density at radius 2 is 2.31 bits per heavy atom. The van der Waals surface area contributed by atoms with Crippen molar-refractivity contribution in [3.8, 4) is 5.75 Å². The van der Waals surface area contributed by atoms with Gasteiger partial charge in [0, 0.05) is 49.3 Å². The SMILES string of the molecule is CCOCCOc1cccc(NC(=O)N2CCCC(c3ccn[nH]3)C2)c1. The molecule has 0 saturated carbocycles. The van der Waals surface area contributed by atoms with Gasteiger partial charge in [0.25, 0.3) is 0 Å². The quantitative estimate of drug-likeness (QED) is 0.745. The van der Waals surface area contributed by atoms with Crippen molar-refractivity contribution in [2.24, 2.45) is 0 Å². The summed E-state index contributed by atoms with van der Waals surface area (Å²) >= 11 is 0. The summed E-state index contributed by atoms with van der Waals surface area (Å²) in [6, 6.07) is 9.34. The second-order valence-electron chi connectivity index (χ2n) is 6.30. The van der Waals surface area contributed by atoms with Crippen LogP contribution in [-0.2, 0) is 4.74 Å². The van der Waals surface area contributed by atoms with Crippen molar-refractivity contribution in [1.29, 1.82) is 0 Å². The van der Waals surface area contributed by atoms with Gasteiger partial charge in [0.05, 0.1) is 6.61 Å². The third-order valence-electron chi connectivity index (χ3n) is 4.46. The van der Waals surface area contributed by atoms with Gasteiger partial charge in [-0.2, -0.15) is 5.10 Å². The van der Waals surface area contributed by atoms with E-state index in [1.807, 2.05) is 42.2 Å². The second-order valence-corrected chi connectivity index (χ2v) is 6.30. The highest BCUT2D eigenvalue weighted by Crippen LogP contribution is 2.26. The number of ether oxygens (including phenoxy) is 2. The monoisotopic (exact) mass is 358 g/mol. The van der Waals surface area contributed by atoms with Gasteiger partial charge < -0.3 is 19.7 Å². The summed E-state index contributed by atoms with van der Waals surface area (Å²) in [5.74, 6) is 1.03. The number of hydrogen-bond acceptors (Lipinski definition) is 4. The van der Waals surface area contributed by atoms with Gasteiger partial charge in [-0.1, -0.05) is 6.07 Å². The molecule has 0 bridgehead atoms. The molecule has 1 atom stereocenters. The number of hydrogen-bond donors (Lipinski definition) is 2. The minimum atomic E-state index is -0.0827. The van der Waals surface area contributed by atoms with E-state index < -0.39 is 0 Å². The van der Waals surface area contributed by atoms with Crippen LogP contribution in [-0.4, -0.2) is 54.0 Å². The van der Waals surface area contributed by atoms with Gasteiger partial charge in [-0.05, 0) is 38.0 Å². The van der Waals surface area contributed by atoms with E-state index in [1.54, 1.807) is 6.20 Å². The van der Waals surface area contributed by atoms with E-state index in [0.29, 0.717) is 32.3 Å². The number of carbonyl (C=O) groups excluding carboxylic acids is 1. The standard InChI is InChI=1S/C19H26N4O3/c1-2-25-11-12-26-17-7-3-6-16(13-17)21-19(24)23-10-4-5-15(14-23)18-8-9-20-22-18/h3,6-9,13,15H,2,4-5,10-12,14H2,1H3,(H,20,22)(H,21,24). The molecule has 1 aliphatic heterocycles. The van der Waals surface area contributed by atoms with Crippen LogP contribution >= 0.6 is 0 Å². The van der Waals surface area contributed by atoms with Crippen molar-refractivity contribution in [1.82, 2.24) is 15.1 Å². The summed E-state index contributed by atoms with van der Waals surface area (Å²) in [7, 11) is 0. The number of H-pyrrole nitrogens is 1. The average Bonchev–Trinajstić information content (AvgIpc) is 3.21. The largest absolute Gasteiger partial charge is 0.491 e. The predicted octanol–water partition coefficient (Wildman–Crippen LogP) is 3.24. The number of urea groups is 1. The predicted molar refractivity (Wildman–Crippen MR) is 99.6 cm³/mol. The molecule has 0 radical (unpaired) electrons. The van der Waals surface area contributed by atoms with E-state index in [2.05, 4.69) is 15.5 Å². The van der Waals surface area contributed by atoms with Gasteiger partial charge in [-0.25, -0.2) is 4.79 Å². The number of nitrogens with zero attached hydrogens (tertiary/aromatic N) is 2. The van der Waals surface area contributed by atoms with Gasteiger partial charge in [0.15, 0.2) is 0 Å². The first-order valence-electron chi connectivity index (χ1n) is 9.12. The zero-order valence-corrected chi connectivity index (χ0v) is 15.1. The van der Waals surface area contributed by atoms with Gasteiger partial charge in [-0.3, -0.25) is 5.10 Å². The second kappa shape index (κ2) is 9.24. The Morgan fingerprint density at radius 1 is 1.38 bits per heavy atom. The molecule has 1 aromatic carbocycles. The normalized spacial score (nSPS) is 17.1. The highest BCUT2D eigenvalue weighted by atomic mass is 16.5. The van der Waals surface area contributed by atoms with Crippen LogP contribution in [0.15, 0.2) is 36.5 Å². The smallest absolute Gasteiger partial charge is 0.321 e. The molecule has 2 N–H and O–H groups in total. The lowest BCUT2D eigenvalue weighted by Crippen LogP contribution is -2.41. The molecule has 1 saturated heterocycles. The lowest BCUT2D eigenvalue weighted by Gasteiger charge is -2.32. The summed E-state index contributed by atoms with van der Waals surface area (Å²) in [6.07, 6.45) is 3.80. The van der Waals surface area contributed by atoms with Gasteiger partial charge in [0.2, 0.25) is 0 Å². The number of aromatic amines is 1. The van der Waals surface area contributed by atoms with E-state index in [4.69, 9.17) is 9.47 Å². The van der Waals surface area contributed by atoms with Crippen LogP contribution < -0.4 is 10.1 Å². The molecule has 7 heteroatoms. The maximum atomic E-state index is 12.6. The Morgan fingerprint density at radius 3 is 3.12 bits per heavy atom. The number of aromatic nitrogens is 2. The zero-order valence-electron chi connectivity index (χ0n) is 15.1. The van der Waals surface area contributed by atoms with Gasteiger partial charge in [0.1, 0.15) is 12.4 Å². The fraction of sp³-hybridized carbons (Fsp3) is 0.474. The average molecular weight is 358 g/mol. The van der Waals surface area contributed by atoms with Gasteiger partial charge in [-0.15, -0.1) is 0 Å². The third-order valence-corrected chi connectivity index (χ3v) is 4.46. The van der Waals surface area contributed by atoms with Crippen LogP contribution in [0.1, 0.15) is 31.4 Å². The van der Waals surface area contributed by atoms with Crippen molar-refractivity contribution in [2.75, 3.05) is 38.2 Å². The molecule has 1 aliphatic rings. The third kappa shape index (κ3) is 4.98. The van der Waals surface area contributed by atoms with Crippen LogP contribution in [0.5, 0.6) is 5.75 Å². The van der Waals surface area contributed by atoms with E-state index in [1.165, 1.54) is 0 Å². The summed E-state index contributed by atoms with van der Waals surface area (Å²) in [6.45, 7) is 5.13. The fourth-order valence-corrected chi connectivity index (χ4v) is 3.14. The first kappa shape index (κ1) is 18.3. The molecule has 2 amide bonds. The Labute approximate surface area is 153 Å². The molecule has 26 heavy (non-hydrogen) atoms. The number of likely N-dealkylation sites (tertiary alicyclic amines) is 1. The Bertz CT molecular complexity index is 690. The van der Waals surface area contributed by atoms with Crippen molar-refractivity contribution in [2.45, 2.75) is 25.7 Å². The molecule has 3 rings (SSSR count). The summed E-state index contributed by atoms with van der Waals surface area (Å²) < 4.78 is 10.9. The zero-order chi connectivity index (χ0) is 18.2. The highest BCUT2D eigenvalue weighted by molar-refractivity contribution is 5.89. The maximum Gasteiger partial charge on any atom is 0.321 e. The number of carbonyl (C=O) groups is 1. The summed E-state index contributed by atoms with van der Waals surface area (Å²) in [4.78, 5) is 14.5. The highest BCUT2D eigenvalue weighted by Gasteiger charge is 2.25. The Balaban J connectivity index is 1.54. The number of rotatable bonds is 7. The molecule has 2 heterocycles. The lowest BCUT2D eigenvalue weighted by atomic mass is 9.95. The van der Waals surface area contributed by atoms with E-state index in [-0.39, 0.29) is 6.03 Å². The minimum absolute atomic E-state index is 0.0827. The first-order valence-corrected chi connectivity index (χ1v) is 9.12. The molecular weight excluding hydrogens is 332 g/mol. The van der Waals surface area contributed by atoms with Crippen LogP contribution in [0, 0.1) is 0 Å². The number of piperidine rings is 1. The molecule has 0 aliphatic carbocycles. The van der Waals surface area contributed by atoms with Crippen molar-refractivity contribution in [3.05, 3.63) is 42.2 Å².